The number of carbonyl (C=O) groups excluding carboxylic acids is 1. The van der Waals surface area contributed by atoms with Gasteiger partial charge in [0.2, 0.25) is 0 Å². The molecule has 0 saturated carbocycles. The maximum absolute atomic E-state index is 11.8. The zero-order valence-electron chi connectivity index (χ0n) is 9.31. The molecule has 0 aliphatic heterocycles. The normalized spacial score (nSPS) is 10.5. The molecule has 2 aromatic rings. The summed E-state index contributed by atoms with van der Waals surface area (Å²) in [4.78, 5) is 16.7. The van der Waals surface area contributed by atoms with Crippen LogP contribution in [0.2, 0.25) is 0 Å². The lowest BCUT2D eigenvalue weighted by Crippen LogP contribution is -2.25. The van der Waals surface area contributed by atoms with Gasteiger partial charge in [0.25, 0.3) is 5.91 Å². The number of nitrogens with zero attached hydrogens (tertiary/aromatic N) is 2. The lowest BCUT2D eigenvalue weighted by atomic mass is 10.3. The van der Waals surface area contributed by atoms with Crippen molar-refractivity contribution in [2.24, 2.45) is 7.05 Å². The molecule has 0 fully saturated rings. The summed E-state index contributed by atoms with van der Waals surface area (Å²) in [6.45, 7) is 0.591. The van der Waals surface area contributed by atoms with Crippen LogP contribution < -0.4 is 5.32 Å². The predicted molar refractivity (Wildman–Crippen MR) is 71.3 cm³/mol. The van der Waals surface area contributed by atoms with Crippen molar-refractivity contribution in [3.8, 4) is 0 Å². The molecule has 2 aromatic heterocycles. The molecule has 0 unspecified atom stereocenters. The lowest BCUT2D eigenvalue weighted by Gasteiger charge is -2.04. The van der Waals surface area contributed by atoms with Crippen LogP contribution in [-0.2, 0) is 13.5 Å². The largest absolute Gasteiger partial charge is 0.351 e. The Hall–Kier alpha value is -1.14. The molecule has 0 spiro atoms. The fourth-order valence-corrected chi connectivity index (χ4v) is 2.93. The van der Waals surface area contributed by atoms with E-state index in [4.69, 9.17) is 0 Å². The van der Waals surface area contributed by atoms with E-state index in [-0.39, 0.29) is 5.91 Å². The number of carbonyl (C=O) groups is 1. The number of aryl methyl sites for hydroxylation is 1. The van der Waals surface area contributed by atoms with E-state index >= 15 is 0 Å². The SMILES string of the molecule is Cn1ccnc1CCNC(=O)c1sccc1Br. The third-order valence-corrected chi connectivity index (χ3v) is 4.21. The van der Waals surface area contributed by atoms with Crippen LogP contribution in [0.4, 0.5) is 0 Å². The Bertz CT molecular complexity index is 520. The van der Waals surface area contributed by atoms with Gasteiger partial charge < -0.3 is 9.88 Å². The van der Waals surface area contributed by atoms with Crippen LogP contribution in [0, 0.1) is 0 Å². The van der Waals surface area contributed by atoms with Crippen LogP contribution in [0.15, 0.2) is 28.3 Å². The van der Waals surface area contributed by atoms with Gasteiger partial charge in [-0.05, 0) is 27.4 Å². The monoisotopic (exact) mass is 313 g/mol. The van der Waals surface area contributed by atoms with Crippen LogP contribution >= 0.6 is 27.3 Å². The average molecular weight is 314 g/mol. The third-order valence-electron chi connectivity index (χ3n) is 2.38. The second kappa shape index (κ2) is 5.46. The maximum Gasteiger partial charge on any atom is 0.262 e. The number of hydrogen-bond donors (Lipinski definition) is 1. The number of thiophene rings is 1. The van der Waals surface area contributed by atoms with Gasteiger partial charge in [0, 0.05) is 36.9 Å². The fourth-order valence-electron chi connectivity index (χ4n) is 1.46. The first-order chi connectivity index (χ1) is 8.18. The van der Waals surface area contributed by atoms with Crippen LogP contribution in [0.25, 0.3) is 0 Å². The van der Waals surface area contributed by atoms with Gasteiger partial charge in [-0.15, -0.1) is 11.3 Å². The Morgan fingerprint density at radius 2 is 2.47 bits per heavy atom. The molecule has 1 amide bonds. The van der Waals surface area contributed by atoms with Crippen LogP contribution in [0.1, 0.15) is 15.5 Å². The molecule has 6 heteroatoms. The highest BCUT2D eigenvalue weighted by atomic mass is 79.9. The van der Waals surface area contributed by atoms with Crippen molar-refractivity contribution >= 4 is 33.2 Å². The molecule has 0 saturated heterocycles. The molecular weight excluding hydrogens is 302 g/mol. The van der Waals surface area contributed by atoms with E-state index in [1.54, 1.807) is 6.20 Å². The van der Waals surface area contributed by atoms with E-state index < -0.39 is 0 Å². The van der Waals surface area contributed by atoms with Gasteiger partial charge in [-0.25, -0.2) is 4.98 Å². The van der Waals surface area contributed by atoms with Crippen molar-refractivity contribution in [3.05, 3.63) is 39.0 Å². The number of aromatic nitrogens is 2. The van der Waals surface area contributed by atoms with Gasteiger partial charge in [-0.2, -0.15) is 0 Å². The molecule has 0 aliphatic rings. The first-order valence-electron chi connectivity index (χ1n) is 5.16. The van der Waals surface area contributed by atoms with E-state index in [1.807, 2.05) is 29.3 Å². The fraction of sp³-hybridized carbons (Fsp3) is 0.273. The zero-order valence-corrected chi connectivity index (χ0v) is 11.7. The summed E-state index contributed by atoms with van der Waals surface area (Å²) in [6, 6.07) is 1.87. The Kier molecular flexibility index (Phi) is 3.96. The van der Waals surface area contributed by atoms with Crippen molar-refractivity contribution in [2.45, 2.75) is 6.42 Å². The summed E-state index contributed by atoms with van der Waals surface area (Å²) in [5.74, 6) is 0.927. The van der Waals surface area contributed by atoms with Gasteiger partial charge in [0.15, 0.2) is 0 Å². The number of rotatable bonds is 4. The Balaban J connectivity index is 1.86. The molecule has 17 heavy (non-hydrogen) atoms. The number of amides is 1. The standard InChI is InChI=1S/C11H12BrN3OS/c1-15-6-5-13-9(15)2-4-14-11(16)10-8(12)3-7-17-10/h3,5-7H,2,4H2,1H3,(H,14,16). The first kappa shape index (κ1) is 12.3. The summed E-state index contributed by atoms with van der Waals surface area (Å²) in [5, 5.41) is 4.77. The second-order valence-electron chi connectivity index (χ2n) is 3.56. The van der Waals surface area contributed by atoms with Gasteiger partial charge >= 0.3 is 0 Å². The third kappa shape index (κ3) is 2.95. The van der Waals surface area contributed by atoms with E-state index in [9.17, 15) is 4.79 Å². The average Bonchev–Trinajstić information content (AvgIpc) is 2.88. The number of hydrogen-bond acceptors (Lipinski definition) is 3. The molecule has 0 aromatic carbocycles. The smallest absolute Gasteiger partial charge is 0.262 e. The van der Waals surface area contributed by atoms with Crippen LogP contribution in [-0.4, -0.2) is 22.0 Å². The quantitative estimate of drug-likeness (QED) is 0.940. The van der Waals surface area contributed by atoms with Crippen LogP contribution in [0.3, 0.4) is 0 Å². The lowest BCUT2D eigenvalue weighted by molar-refractivity contribution is 0.0957. The summed E-state index contributed by atoms with van der Waals surface area (Å²) in [6.07, 6.45) is 4.39. The van der Waals surface area contributed by atoms with Crippen molar-refractivity contribution in [2.75, 3.05) is 6.54 Å². The van der Waals surface area contributed by atoms with Gasteiger partial charge in [0.1, 0.15) is 10.7 Å². The molecule has 4 nitrogen and oxygen atoms in total. The molecule has 1 N–H and O–H groups in total. The summed E-state index contributed by atoms with van der Waals surface area (Å²) in [7, 11) is 1.94. The minimum atomic E-state index is -0.0407. The number of nitrogens with one attached hydrogen (secondary N) is 1. The highest BCUT2D eigenvalue weighted by molar-refractivity contribution is 9.10. The molecule has 0 atom stereocenters. The van der Waals surface area contributed by atoms with E-state index in [2.05, 4.69) is 26.2 Å². The van der Waals surface area contributed by atoms with E-state index in [0.717, 1.165) is 16.7 Å². The maximum atomic E-state index is 11.8. The highest BCUT2D eigenvalue weighted by Crippen LogP contribution is 2.22. The van der Waals surface area contributed by atoms with Gasteiger partial charge in [0.05, 0.1) is 0 Å². The first-order valence-corrected chi connectivity index (χ1v) is 6.83. The summed E-state index contributed by atoms with van der Waals surface area (Å²) in [5.41, 5.74) is 0. The highest BCUT2D eigenvalue weighted by Gasteiger charge is 2.10. The second-order valence-corrected chi connectivity index (χ2v) is 5.33. The molecule has 2 heterocycles. The van der Waals surface area contributed by atoms with Crippen molar-refractivity contribution < 1.29 is 4.79 Å². The molecule has 0 aliphatic carbocycles. The number of halogens is 1. The topological polar surface area (TPSA) is 46.9 Å². The predicted octanol–water partition coefficient (Wildman–Crippen LogP) is 2.22. The molecular formula is C11H12BrN3OS. The zero-order chi connectivity index (χ0) is 12.3. The molecule has 0 bridgehead atoms. The minimum absolute atomic E-state index is 0.0407. The van der Waals surface area contributed by atoms with Crippen molar-refractivity contribution in [1.82, 2.24) is 14.9 Å². The Morgan fingerprint density at radius 1 is 1.65 bits per heavy atom. The Labute approximate surface area is 112 Å². The van der Waals surface area contributed by atoms with Gasteiger partial charge in [-0.3, -0.25) is 4.79 Å². The summed E-state index contributed by atoms with van der Waals surface area (Å²) < 4.78 is 2.80. The summed E-state index contributed by atoms with van der Waals surface area (Å²) >= 11 is 4.77. The van der Waals surface area contributed by atoms with Crippen LogP contribution in [0.5, 0.6) is 0 Å². The minimum Gasteiger partial charge on any atom is -0.351 e. The molecule has 90 valence electrons. The molecule has 0 radical (unpaired) electrons. The molecule has 2 rings (SSSR count). The Morgan fingerprint density at radius 3 is 3.06 bits per heavy atom. The van der Waals surface area contributed by atoms with Crippen molar-refractivity contribution in [3.63, 3.8) is 0 Å². The van der Waals surface area contributed by atoms with E-state index in [1.165, 1.54) is 11.3 Å². The number of imidazole rings is 1. The van der Waals surface area contributed by atoms with E-state index in [0.29, 0.717) is 11.4 Å². The van der Waals surface area contributed by atoms with Gasteiger partial charge in [-0.1, -0.05) is 0 Å². The van der Waals surface area contributed by atoms with Crippen molar-refractivity contribution in [1.29, 1.82) is 0 Å².